The Morgan fingerprint density at radius 3 is 1.49 bits per heavy atom. The third kappa shape index (κ3) is 6.00. The highest BCUT2D eigenvalue weighted by molar-refractivity contribution is 5.97. The number of rotatable bonds is 7. The predicted molar refractivity (Wildman–Crippen MR) is 209 cm³/mol. The van der Waals surface area contributed by atoms with Crippen molar-refractivity contribution in [1.29, 1.82) is 0 Å². The molecule has 7 aromatic carbocycles. The largest absolute Gasteiger partial charge is 0.232 e. The van der Waals surface area contributed by atoms with Gasteiger partial charge < -0.3 is 0 Å². The molecule has 0 fully saturated rings. The van der Waals surface area contributed by atoms with Gasteiger partial charge in [0, 0.05) is 27.6 Å². The van der Waals surface area contributed by atoms with E-state index in [-0.39, 0.29) is 0 Å². The van der Waals surface area contributed by atoms with Gasteiger partial charge in [-0.3, -0.25) is 0 Å². The maximum atomic E-state index is 5.25. The lowest BCUT2D eigenvalue weighted by Gasteiger charge is -2.11. The van der Waals surface area contributed by atoms with Crippen LogP contribution in [0.5, 0.6) is 0 Å². The summed E-state index contributed by atoms with van der Waals surface area (Å²) in [6.45, 7) is 0. The van der Waals surface area contributed by atoms with Gasteiger partial charge in [-0.05, 0) is 58.7 Å². The number of aromatic nitrogens is 4. The van der Waals surface area contributed by atoms with Crippen molar-refractivity contribution in [3.05, 3.63) is 194 Å². The van der Waals surface area contributed by atoms with Crippen LogP contribution < -0.4 is 0 Å². The van der Waals surface area contributed by atoms with Gasteiger partial charge in [0.2, 0.25) is 0 Å². The van der Waals surface area contributed by atoms with E-state index in [1.807, 2.05) is 53.2 Å². The van der Waals surface area contributed by atoms with Crippen LogP contribution in [0.25, 0.3) is 84.0 Å². The Hall–Kier alpha value is -6.91. The number of benzene rings is 7. The van der Waals surface area contributed by atoms with Crippen molar-refractivity contribution in [3.63, 3.8) is 0 Å². The highest BCUT2D eigenvalue weighted by atomic mass is 15.3. The summed E-state index contributed by atoms with van der Waals surface area (Å²) in [5.74, 6) is 0.687. The zero-order valence-electron chi connectivity index (χ0n) is 27.8. The second-order valence-electron chi connectivity index (χ2n) is 12.5. The molecule has 0 spiro atoms. The fraction of sp³-hybridized carbons (Fsp3) is 0. The van der Waals surface area contributed by atoms with E-state index < -0.39 is 0 Å². The smallest absolute Gasteiger partial charge is 0.160 e. The summed E-state index contributed by atoms with van der Waals surface area (Å²) >= 11 is 0. The van der Waals surface area contributed by atoms with Crippen LogP contribution >= 0.6 is 0 Å². The molecule has 0 N–H and O–H groups in total. The lowest BCUT2D eigenvalue weighted by atomic mass is 9.99. The van der Waals surface area contributed by atoms with Crippen LogP contribution in [0, 0.1) is 0 Å². The molecule has 0 amide bonds. The van der Waals surface area contributed by atoms with Gasteiger partial charge in [-0.1, -0.05) is 158 Å². The molecule has 0 saturated carbocycles. The Morgan fingerprint density at radius 2 is 0.824 bits per heavy atom. The molecular formula is C47H32N4. The number of para-hydroxylation sites is 1. The molecule has 9 rings (SSSR count). The third-order valence-electron chi connectivity index (χ3n) is 9.27. The van der Waals surface area contributed by atoms with Gasteiger partial charge in [0.25, 0.3) is 0 Å². The minimum absolute atomic E-state index is 0.687. The van der Waals surface area contributed by atoms with Crippen molar-refractivity contribution < 1.29 is 0 Å². The molecule has 9 aromatic rings. The molecule has 0 bridgehead atoms. The molecule has 0 aliphatic heterocycles. The van der Waals surface area contributed by atoms with E-state index in [9.17, 15) is 0 Å². The molecule has 0 aliphatic rings. The van der Waals surface area contributed by atoms with Crippen LogP contribution in [-0.4, -0.2) is 19.7 Å². The number of fused-ring (bicyclic) bond motifs is 1. The number of hydrogen-bond acceptors (Lipinski definition) is 3. The van der Waals surface area contributed by atoms with E-state index in [1.165, 1.54) is 16.7 Å². The van der Waals surface area contributed by atoms with Crippen molar-refractivity contribution in [2.75, 3.05) is 0 Å². The van der Waals surface area contributed by atoms with Gasteiger partial charge >= 0.3 is 0 Å². The van der Waals surface area contributed by atoms with Crippen molar-refractivity contribution in [2.24, 2.45) is 0 Å². The number of hydrogen-bond donors (Lipinski definition) is 0. The second-order valence-corrected chi connectivity index (χ2v) is 12.5. The van der Waals surface area contributed by atoms with E-state index in [2.05, 4.69) is 146 Å². The van der Waals surface area contributed by atoms with E-state index in [1.54, 1.807) is 0 Å². The monoisotopic (exact) mass is 652 g/mol. The Morgan fingerprint density at radius 1 is 0.333 bits per heavy atom. The topological polar surface area (TPSA) is 43.6 Å². The SMILES string of the molecule is c1ccc(-c2ccc(-c3cc(-c4cccc(-c5nn(-c6ccccc6)c6ccc(-c7ccccc7)cc56)c4)nc(-c4ccccc4)n3)cc2)cc1. The zero-order chi connectivity index (χ0) is 34.0. The normalized spacial score (nSPS) is 11.1. The fourth-order valence-electron chi connectivity index (χ4n) is 6.66. The lowest BCUT2D eigenvalue weighted by molar-refractivity contribution is 0.915. The van der Waals surface area contributed by atoms with Crippen LogP contribution in [0.2, 0.25) is 0 Å². The molecule has 0 radical (unpaired) electrons. The molecule has 4 nitrogen and oxygen atoms in total. The summed E-state index contributed by atoms with van der Waals surface area (Å²) in [7, 11) is 0. The van der Waals surface area contributed by atoms with Gasteiger partial charge in [0.15, 0.2) is 5.82 Å². The molecule has 0 aliphatic carbocycles. The minimum atomic E-state index is 0.687. The zero-order valence-corrected chi connectivity index (χ0v) is 27.8. The first-order valence-corrected chi connectivity index (χ1v) is 17.1. The summed E-state index contributed by atoms with van der Waals surface area (Å²) in [6, 6.07) is 67.3. The average Bonchev–Trinajstić information content (AvgIpc) is 3.61. The van der Waals surface area contributed by atoms with Gasteiger partial charge in [-0.15, -0.1) is 0 Å². The maximum absolute atomic E-state index is 5.25. The Balaban J connectivity index is 1.18. The summed E-state index contributed by atoms with van der Waals surface area (Å²) in [5, 5.41) is 6.33. The van der Waals surface area contributed by atoms with E-state index >= 15 is 0 Å². The van der Waals surface area contributed by atoms with E-state index in [0.717, 1.165) is 61.5 Å². The number of nitrogens with zero attached hydrogens (tertiary/aromatic N) is 4. The standard InChI is InChI=1S/C47H32N4/c1-5-14-33(15-6-1)35-24-26-36(27-25-35)43-32-44(49-47(48-43)37-18-9-3-10-19-37)39-20-13-21-40(30-39)46-42-31-38(34-16-7-2-8-17-34)28-29-45(42)51(50-46)41-22-11-4-12-23-41/h1-32H. The first-order chi connectivity index (χ1) is 25.3. The van der Waals surface area contributed by atoms with Crippen molar-refractivity contribution in [2.45, 2.75) is 0 Å². The predicted octanol–water partition coefficient (Wildman–Crippen LogP) is 11.8. The minimum Gasteiger partial charge on any atom is -0.232 e. The fourth-order valence-corrected chi connectivity index (χ4v) is 6.66. The molecule has 0 unspecified atom stereocenters. The Bertz CT molecular complexity index is 2600. The molecule has 2 heterocycles. The van der Waals surface area contributed by atoms with Crippen LogP contribution in [-0.2, 0) is 0 Å². The van der Waals surface area contributed by atoms with Gasteiger partial charge in [-0.2, -0.15) is 5.10 Å². The molecular weight excluding hydrogens is 621 g/mol. The molecule has 0 saturated heterocycles. The highest BCUT2D eigenvalue weighted by Gasteiger charge is 2.17. The first kappa shape index (κ1) is 30.2. The van der Waals surface area contributed by atoms with Gasteiger partial charge in [0.05, 0.1) is 22.6 Å². The van der Waals surface area contributed by atoms with Crippen LogP contribution in [0.3, 0.4) is 0 Å². The third-order valence-corrected chi connectivity index (χ3v) is 9.27. The first-order valence-electron chi connectivity index (χ1n) is 17.1. The molecule has 4 heteroatoms. The Labute approximate surface area is 297 Å². The summed E-state index contributed by atoms with van der Waals surface area (Å²) < 4.78 is 2.04. The van der Waals surface area contributed by atoms with Crippen LogP contribution in [0.4, 0.5) is 0 Å². The lowest BCUT2D eigenvalue weighted by Crippen LogP contribution is -1.97. The quantitative estimate of drug-likeness (QED) is 0.172. The average molecular weight is 653 g/mol. The van der Waals surface area contributed by atoms with Gasteiger partial charge in [0.1, 0.15) is 5.69 Å². The van der Waals surface area contributed by atoms with Crippen LogP contribution in [0.1, 0.15) is 0 Å². The molecule has 51 heavy (non-hydrogen) atoms. The van der Waals surface area contributed by atoms with Crippen molar-refractivity contribution in [3.8, 4) is 73.1 Å². The van der Waals surface area contributed by atoms with Crippen molar-refractivity contribution in [1.82, 2.24) is 19.7 Å². The summed E-state index contributed by atoms with van der Waals surface area (Å²) in [4.78, 5) is 10.2. The maximum Gasteiger partial charge on any atom is 0.160 e. The van der Waals surface area contributed by atoms with E-state index in [0.29, 0.717) is 5.82 Å². The summed E-state index contributed by atoms with van der Waals surface area (Å²) in [5.41, 5.74) is 13.4. The second kappa shape index (κ2) is 13.2. The molecule has 240 valence electrons. The molecule has 2 aromatic heterocycles. The highest BCUT2D eigenvalue weighted by Crippen LogP contribution is 2.36. The van der Waals surface area contributed by atoms with Crippen LogP contribution in [0.15, 0.2) is 194 Å². The molecule has 0 atom stereocenters. The van der Waals surface area contributed by atoms with Gasteiger partial charge in [-0.25, -0.2) is 14.6 Å². The summed E-state index contributed by atoms with van der Waals surface area (Å²) in [6.07, 6.45) is 0. The van der Waals surface area contributed by atoms with E-state index in [4.69, 9.17) is 15.1 Å². The van der Waals surface area contributed by atoms with Crippen molar-refractivity contribution >= 4 is 10.9 Å². The Kier molecular flexibility index (Phi) is 7.80.